The van der Waals surface area contributed by atoms with Gasteiger partial charge in [-0.25, -0.2) is 14.4 Å². The van der Waals surface area contributed by atoms with Gasteiger partial charge in [0, 0.05) is 31.6 Å². The summed E-state index contributed by atoms with van der Waals surface area (Å²) in [7, 11) is 0. The van der Waals surface area contributed by atoms with Crippen LogP contribution in [0.2, 0.25) is 0 Å². The molecule has 0 radical (unpaired) electrons. The van der Waals surface area contributed by atoms with Crippen LogP contribution in [-0.4, -0.2) is 78.7 Å². The SMILES string of the molecule is CCC(CCCC1CCC2C3CC=C4CC(OC(=O)N(CCCCNCCC(C)NC(=O)OC(C)(C)C)CCC(C)NC(=O)OC(C)(C)C)CCC4(C)C3CCC12C)C(C)C. The van der Waals surface area contributed by atoms with Crippen LogP contribution in [0.15, 0.2) is 11.6 Å². The van der Waals surface area contributed by atoms with E-state index in [4.69, 9.17) is 14.2 Å². The van der Waals surface area contributed by atoms with E-state index < -0.39 is 23.4 Å². The van der Waals surface area contributed by atoms with E-state index in [-0.39, 0.29) is 29.7 Å². The molecule has 3 saturated carbocycles. The molecule has 4 aliphatic rings. The molecule has 4 aliphatic carbocycles. The first kappa shape index (κ1) is 51.1. The Balaban J connectivity index is 1.30. The van der Waals surface area contributed by atoms with Crippen molar-refractivity contribution >= 4 is 18.3 Å². The molecular weight excluding hydrogens is 765 g/mol. The minimum Gasteiger partial charge on any atom is -0.446 e. The zero-order chi connectivity index (χ0) is 45.2. The molecule has 352 valence electrons. The lowest BCUT2D eigenvalue weighted by atomic mass is 9.47. The molecule has 10 heteroatoms. The van der Waals surface area contributed by atoms with Crippen LogP contribution in [0, 0.1) is 46.3 Å². The number of nitrogens with zero attached hydrogens (tertiary/aromatic N) is 1. The van der Waals surface area contributed by atoms with Gasteiger partial charge in [-0.1, -0.05) is 65.5 Å². The van der Waals surface area contributed by atoms with E-state index in [0.717, 1.165) is 87.1 Å². The van der Waals surface area contributed by atoms with E-state index >= 15 is 0 Å². The number of ether oxygens (including phenoxy) is 3. The van der Waals surface area contributed by atoms with E-state index in [2.05, 4.69) is 56.6 Å². The van der Waals surface area contributed by atoms with Crippen molar-refractivity contribution in [2.45, 2.75) is 222 Å². The van der Waals surface area contributed by atoms with Crippen molar-refractivity contribution in [3.05, 3.63) is 11.6 Å². The Morgan fingerprint density at radius 2 is 1.44 bits per heavy atom. The first-order chi connectivity index (χ1) is 28.5. The quantitative estimate of drug-likeness (QED) is 0.0634. The third-order valence-corrected chi connectivity index (χ3v) is 15.5. The molecule has 0 aromatic carbocycles. The van der Waals surface area contributed by atoms with Gasteiger partial charge in [-0.3, -0.25) is 0 Å². The van der Waals surface area contributed by atoms with Crippen LogP contribution in [0.3, 0.4) is 0 Å². The summed E-state index contributed by atoms with van der Waals surface area (Å²) in [5.74, 6) is 4.91. The number of alkyl carbamates (subject to hydrolysis) is 2. The van der Waals surface area contributed by atoms with Gasteiger partial charge in [-0.15, -0.1) is 0 Å². The number of allylic oxidation sites excluding steroid dienone is 1. The van der Waals surface area contributed by atoms with Crippen molar-refractivity contribution in [3.8, 4) is 0 Å². The molecule has 0 saturated heterocycles. The van der Waals surface area contributed by atoms with Gasteiger partial charge >= 0.3 is 18.3 Å². The van der Waals surface area contributed by atoms with Crippen molar-refractivity contribution in [1.29, 1.82) is 0 Å². The summed E-state index contributed by atoms with van der Waals surface area (Å²) in [6.07, 6.45) is 19.6. The smallest absolute Gasteiger partial charge is 0.410 e. The first-order valence-electron chi connectivity index (χ1n) is 24.9. The number of carbonyl (C=O) groups is 3. The maximum absolute atomic E-state index is 14.0. The van der Waals surface area contributed by atoms with Gasteiger partial charge in [-0.2, -0.15) is 0 Å². The summed E-state index contributed by atoms with van der Waals surface area (Å²) in [5, 5.41) is 9.32. The number of hydrogen-bond acceptors (Lipinski definition) is 7. The minimum absolute atomic E-state index is 0.00559. The van der Waals surface area contributed by atoms with Gasteiger partial charge in [0.05, 0.1) is 0 Å². The second kappa shape index (κ2) is 22.4. The molecule has 0 aromatic heterocycles. The number of rotatable bonds is 20. The average Bonchev–Trinajstić information content (AvgIpc) is 3.48. The van der Waals surface area contributed by atoms with Crippen molar-refractivity contribution in [3.63, 3.8) is 0 Å². The lowest BCUT2D eigenvalue weighted by Gasteiger charge is -2.58. The van der Waals surface area contributed by atoms with Crippen LogP contribution in [-0.2, 0) is 14.2 Å². The zero-order valence-electron chi connectivity index (χ0n) is 41.3. The van der Waals surface area contributed by atoms with Crippen molar-refractivity contribution in [2.75, 3.05) is 26.2 Å². The number of carbonyl (C=O) groups excluding carboxylic acids is 3. The van der Waals surface area contributed by atoms with Crippen LogP contribution >= 0.6 is 0 Å². The molecule has 0 aliphatic heterocycles. The molecule has 3 amide bonds. The second-order valence-electron chi connectivity index (χ2n) is 22.8. The predicted molar refractivity (Wildman–Crippen MR) is 249 cm³/mol. The Kier molecular flexibility index (Phi) is 18.8. The monoisotopic (exact) mass is 857 g/mol. The summed E-state index contributed by atoms with van der Waals surface area (Å²) < 4.78 is 17.2. The highest BCUT2D eigenvalue weighted by molar-refractivity contribution is 5.69. The number of fused-ring (bicyclic) bond motifs is 5. The number of hydrogen-bond donors (Lipinski definition) is 3. The number of nitrogens with one attached hydrogen (secondary N) is 3. The Hall–Kier alpha value is -2.49. The molecule has 10 unspecified atom stereocenters. The first-order valence-corrected chi connectivity index (χ1v) is 24.9. The third kappa shape index (κ3) is 15.1. The maximum Gasteiger partial charge on any atom is 0.410 e. The fourth-order valence-corrected chi connectivity index (χ4v) is 12.0. The van der Waals surface area contributed by atoms with Crippen molar-refractivity contribution < 1.29 is 28.6 Å². The van der Waals surface area contributed by atoms with Crippen LogP contribution in [0.25, 0.3) is 0 Å². The molecule has 0 spiro atoms. The third-order valence-electron chi connectivity index (χ3n) is 15.5. The fraction of sp³-hybridized carbons (Fsp3) is 0.902. The molecule has 4 rings (SSSR count). The van der Waals surface area contributed by atoms with Crippen LogP contribution < -0.4 is 16.0 Å². The average molecular weight is 857 g/mol. The summed E-state index contributed by atoms with van der Waals surface area (Å²) in [6, 6.07) is -0.168. The fourth-order valence-electron chi connectivity index (χ4n) is 12.0. The molecule has 0 aromatic rings. The lowest BCUT2D eigenvalue weighted by Crippen LogP contribution is -2.50. The lowest BCUT2D eigenvalue weighted by molar-refractivity contribution is -0.0535. The van der Waals surface area contributed by atoms with Crippen LogP contribution in [0.4, 0.5) is 14.4 Å². The van der Waals surface area contributed by atoms with Crippen molar-refractivity contribution in [2.24, 2.45) is 46.3 Å². The highest BCUT2D eigenvalue weighted by atomic mass is 16.6. The Morgan fingerprint density at radius 3 is 2.07 bits per heavy atom. The summed E-state index contributed by atoms with van der Waals surface area (Å²) in [5.41, 5.74) is 1.14. The normalized spacial score (nSPS) is 29.0. The zero-order valence-corrected chi connectivity index (χ0v) is 41.3. The van der Waals surface area contributed by atoms with Gasteiger partial charge in [0.15, 0.2) is 0 Å². The van der Waals surface area contributed by atoms with Gasteiger partial charge in [-0.05, 0) is 192 Å². The van der Waals surface area contributed by atoms with Gasteiger partial charge in [0.2, 0.25) is 0 Å². The van der Waals surface area contributed by atoms with Crippen LogP contribution in [0.1, 0.15) is 193 Å². The standard InChI is InChI=1S/C51H92N4O6/c1-14-38(35(2)3)18-17-19-39-21-23-43-42-22-20-40-34-41(24-28-51(40,13)44(42)25-29-50(39,43)12)59-47(58)55(33-27-37(5)54-46(57)61-49(9,10)11)32-16-15-30-52-31-26-36(4)53-45(56)60-48(6,7)8/h20,35-39,41-44,52H,14-19,21-34H2,1-13H3,(H,53,56)(H,54,57). The van der Waals surface area contributed by atoms with E-state index in [0.29, 0.717) is 24.9 Å². The van der Waals surface area contributed by atoms with Gasteiger partial charge in [0.25, 0.3) is 0 Å². The molecule has 10 nitrogen and oxygen atoms in total. The Bertz CT molecular complexity index is 1440. The van der Waals surface area contributed by atoms with Crippen molar-refractivity contribution in [1.82, 2.24) is 20.9 Å². The van der Waals surface area contributed by atoms with Gasteiger partial charge in [0.1, 0.15) is 17.3 Å². The molecular formula is C51H92N4O6. The second-order valence-corrected chi connectivity index (χ2v) is 22.8. The van der Waals surface area contributed by atoms with E-state index in [9.17, 15) is 14.4 Å². The Labute approximate surface area is 373 Å². The summed E-state index contributed by atoms with van der Waals surface area (Å²) >= 11 is 0. The Morgan fingerprint density at radius 1 is 0.787 bits per heavy atom. The van der Waals surface area contributed by atoms with E-state index in [1.54, 1.807) is 5.57 Å². The summed E-state index contributed by atoms with van der Waals surface area (Å²) in [4.78, 5) is 40.4. The molecule has 3 N–H and O–H groups in total. The van der Waals surface area contributed by atoms with Crippen LogP contribution in [0.5, 0.6) is 0 Å². The molecule has 61 heavy (non-hydrogen) atoms. The molecule has 3 fully saturated rings. The molecule has 0 heterocycles. The highest BCUT2D eigenvalue weighted by Gasteiger charge is 2.58. The number of amides is 3. The van der Waals surface area contributed by atoms with E-state index in [1.807, 2.05) is 60.3 Å². The minimum atomic E-state index is -0.576. The number of unbranched alkanes of at least 4 members (excludes halogenated alkanes) is 1. The summed E-state index contributed by atoms with van der Waals surface area (Å²) in [6.45, 7) is 30.2. The maximum atomic E-state index is 14.0. The molecule has 10 atom stereocenters. The highest BCUT2D eigenvalue weighted by Crippen LogP contribution is 2.67. The van der Waals surface area contributed by atoms with Gasteiger partial charge < -0.3 is 35.1 Å². The van der Waals surface area contributed by atoms with E-state index in [1.165, 1.54) is 57.8 Å². The molecule has 0 bridgehead atoms. The topological polar surface area (TPSA) is 118 Å². The largest absolute Gasteiger partial charge is 0.446 e. The predicted octanol–water partition coefficient (Wildman–Crippen LogP) is 12.2.